The Bertz CT molecular complexity index is 194. The third kappa shape index (κ3) is 10.5. The van der Waals surface area contributed by atoms with Gasteiger partial charge in [-0.3, -0.25) is 4.79 Å². The van der Waals surface area contributed by atoms with Crippen molar-refractivity contribution in [2.45, 2.75) is 64.9 Å². The van der Waals surface area contributed by atoms with Crippen molar-refractivity contribution in [3.63, 3.8) is 0 Å². The summed E-state index contributed by atoms with van der Waals surface area (Å²) in [5.74, 6) is -0.294. The van der Waals surface area contributed by atoms with Gasteiger partial charge in [-0.1, -0.05) is 46.0 Å². The molecule has 0 fully saturated rings. The predicted molar refractivity (Wildman–Crippen MR) is 71.5 cm³/mol. The molecule has 0 radical (unpaired) electrons. The van der Waals surface area contributed by atoms with Crippen LogP contribution < -0.4 is 0 Å². The number of aliphatic hydroxyl groups is 1. The summed E-state index contributed by atoms with van der Waals surface area (Å²) in [7, 11) is 0. The van der Waals surface area contributed by atoms with Gasteiger partial charge in [-0.05, 0) is 6.42 Å². The molecule has 0 saturated heterocycles. The summed E-state index contributed by atoms with van der Waals surface area (Å²) in [6.45, 7) is 4.72. The van der Waals surface area contributed by atoms with E-state index < -0.39 is 6.10 Å². The molecule has 4 heteroatoms. The van der Waals surface area contributed by atoms with Crippen LogP contribution in [0.4, 0.5) is 0 Å². The molecule has 0 rings (SSSR count). The lowest BCUT2D eigenvalue weighted by atomic mass is 10.1. The SMILES string of the molecule is CCCCCCCCOCC(CO)OC(=O)CC. The zero-order valence-corrected chi connectivity index (χ0v) is 11.8. The molecule has 0 aliphatic heterocycles. The van der Waals surface area contributed by atoms with Gasteiger partial charge in [0.15, 0.2) is 0 Å². The molecule has 0 aliphatic rings. The Kier molecular flexibility index (Phi) is 12.4. The number of hydrogen-bond donors (Lipinski definition) is 1. The number of ether oxygens (including phenoxy) is 2. The van der Waals surface area contributed by atoms with E-state index >= 15 is 0 Å². The second-order valence-corrected chi connectivity index (χ2v) is 4.49. The number of carbonyl (C=O) groups excluding carboxylic acids is 1. The molecule has 1 unspecified atom stereocenters. The van der Waals surface area contributed by atoms with Crippen molar-refractivity contribution in [1.29, 1.82) is 0 Å². The van der Waals surface area contributed by atoms with Crippen molar-refractivity contribution in [2.75, 3.05) is 19.8 Å². The number of esters is 1. The third-order valence-electron chi connectivity index (χ3n) is 2.74. The summed E-state index contributed by atoms with van der Waals surface area (Å²) < 4.78 is 10.4. The van der Waals surface area contributed by atoms with Crippen LogP contribution in [0.15, 0.2) is 0 Å². The van der Waals surface area contributed by atoms with E-state index in [0.717, 1.165) is 6.42 Å². The minimum atomic E-state index is -0.516. The average molecular weight is 260 g/mol. The van der Waals surface area contributed by atoms with E-state index in [9.17, 15) is 4.79 Å². The van der Waals surface area contributed by atoms with Gasteiger partial charge in [0.25, 0.3) is 0 Å². The molecule has 108 valence electrons. The lowest BCUT2D eigenvalue weighted by Gasteiger charge is -2.15. The molecule has 0 heterocycles. The van der Waals surface area contributed by atoms with Gasteiger partial charge in [0.2, 0.25) is 0 Å². The minimum Gasteiger partial charge on any atom is -0.457 e. The fourth-order valence-electron chi connectivity index (χ4n) is 1.59. The molecule has 0 bridgehead atoms. The number of carbonyl (C=O) groups is 1. The third-order valence-corrected chi connectivity index (χ3v) is 2.74. The molecule has 0 aromatic rings. The highest BCUT2D eigenvalue weighted by Crippen LogP contribution is 2.05. The van der Waals surface area contributed by atoms with Crippen molar-refractivity contribution >= 4 is 5.97 Å². The highest BCUT2D eigenvalue weighted by Gasteiger charge is 2.11. The minimum absolute atomic E-state index is 0.178. The van der Waals surface area contributed by atoms with Gasteiger partial charge in [-0.2, -0.15) is 0 Å². The van der Waals surface area contributed by atoms with Gasteiger partial charge in [-0.15, -0.1) is 0 Å². The van der Waals surface area contributed by atoms with Crippen LogP contribution in [0.1, 0.15) is 58.8 Å². The van der Waals surface area contributed by atoms with Gasteiger partial charge >= 0.3 is 5.97 Å². The molecule has 0 aromatic carbocycles. The maximum absolute atomic E-state index is 11.0. The van der Waals surface area contributed by atoms with E-state index in [1.165, 1.54) is 32.1 Å². The average Bonchev–Trinajstić information content (AvgIpc) is 2.40. The van der Waals surface area contributed by atoms with Crippen molar-refractivity contribution in [3.8, 4) is 0 Å². The monoisotopic (exact) mass is 260 g/mol. The summed E-state index contributed by atoms with van der Waals surface area (Å²) >= 11 is 0. The zero-order valence-electron chi connectivity index (χ0n) is 11.8. The first kappa shape index (κ1) is 17.4. The molecule has 1 N–H and O–H groups in total. The topological polar surface area (TPSA) is 55.8 Å². The van der Waals surface area contributed by atoms with Gasteiger partial charge < -0.3 is 14.6 Å². The largest absolute Gasteiger partial charge is 0.457 e. The summed E-state index contributed by atoms with van der Waals surface area (Å²) in [5, 5.41) is 9.01. The normalized spacial score (nSPS) is 12.4. The quantitative estimate of drug-likeness (QED) is 0.433. The van der Waals surface area contributed by atoms with E-state index in [4.69, 9.17) is 14.6 Å². The van der Waals surface area contributed by atoms with Crippen LogP contribution in [0.25, 0.3) is 0 Å². The van der Waals surface area contributed by atoms with Crippen LogP contribution in [0.3, 0.4) is 0 Å². The number of unbranched alkanes of at least 4 members (excludes halogenated alkanes) is 5. The first-order valence-electron chi connectivity index (χ1n) is 7.12. The standard InChI is InChI=1S/C14H28O4/c1-3-5-6-7-8-9-10-17-12-13(11-15)18-14(16)4-2/h13,15H,3-12H2,1-2H3. The highest BCUT2D eigenvalue weighted by atomic mass is 16.6. The van der Waals surface area contributed by atoms with E-state index in [0.29, 0.717) is 13.0 Å². The van der Waals surface area contributed by atoms with E-state index in [1.54, 1.807) is 6.92 Å². The van der Waals surface area contributed by atoms with E-state index in [-0.39, 0.29) is 19.2 Å². The molecular weight excluding hydrogens is 232 g/mol. The van der Waals surface area contributed by atoms with Gasteiger partial charge in [0.1, 0.15) is 6.10 Å². The lowest BCUT2D eigenvalue weighted by Crippen LogP contribution is -2.27. The Morgan fingerprint density at radius 1 is 1.11 bits per heavy atom. The van der Waals surface area contributed by atoms with Crippen LogP contribution in [0.2, 0.25) is 0 Å². The molecule has 0 spiro atoms. The molecule has 0 saturated carbocycles. The van der Waals surface area contributed by atoms with Crippen LogP contribution in [0, 0.1) is 0 Å². The predicted octanol–water partition coefficient (Wildman–Crippen LogP) is 2.68. The molecular formula is C14H28O4. The Labute approximate surface area is 111 Å². The maximum Gasteiger partial charge on any atom is 0.305 e. The Balaban J connectivity index is 3.37. The fourth-order valence-corrected chi connectivity index (χ4v) is 1.59. The Morgan fingerprint density at radius 3 is 2.39 bits per heavy atom. The number of hydrogen-bond acceptors (Lipinski definition) is 4. The molecule has 4 nitrogen and oxygen atoms in total. The van der Waals surface area contributed by atoms with Crippen molar-refractivity contribution < 1.29 is 19.4 Å². The Hall–Kier alpha value is -0.610. The highest BCUT2D eigenvalue weighted by molar-refractivity contribution is 5.69. The van der Waals surface area contributed by atoms with E-state index in [2.05, 4.69) is 6.92 Å². The fraction of sp³-hybridized carbons (Fsp3) is 0.929. The molecule has 1 atom stereocenters. The number of aliphatic hydroxyl groups excluding tert-OH is 1. The van der Waals surface area contributed by atoms with Crippen molar-refractivity contribution in [2.24, 2.45) is 0 Å². The molecule has 0 aliphatic carbocycles. The van der Waals surface area contributed by atoms with Crippen LogP contribution in [-0.2, 0) is 14.3 Å². The van der Waals surface area contributed by atoms with Crippen LogP contribution in [-0.4, -0.2) is 37.0 Å². The van der Waals surface area contributed by atoms with E-state index in [1.807, 2.05) is 0 Å². The maximum atomic E-state index is 11.0. The number of rotatable bonds is 12. The molecule has 0 amide bonds. The van der Waals surface area contributed by atoms with Crippen molar-refractivity contribution in [3.05, 3.63) is 0 Å². The first-order chi connectivity index (χ1) is 8.74. The van der Waals surface area contributed by atoms with Gasteiger partial charge in [-0.25, -0.2) is 0 Å². The van der Waals surface area contributed by atoms with Crippen LogP contribution in [0.5, 0.6) is 0 Å². The second-order valence-electron chi connectivity index (χ2n) is 4.49. The summed E-state index contributed by atoms with van der Waals surface area (Å²) in [4.78, 5) is 11.0. The zero-order chi connectivity index (χ0) is 13.6. The second kappa shape index (κ2) is 12.8. The lowest BCUT2D eigenvalue weighted by molar-refractivity contribution is -0.154. The molecule has 0 aromatic heterocycles. The van der Waals surface area contributed by atoms with Crippen LogP contribution >= 0.6 is 0 Å². The smallest absolute Gasteiger partial charge is 0.305 e. The first-order valence-corrected chi connectivity index (χ1v) is 7.12. The van der Waals surface area contributed by atoms with Gasteiger partial charge in [0.05, 0.1) is 13.2 Å². The van der Waals surface area contributed by atoms with Gasteiger partial charge in [0, 0.05) is 13.0 Å². The molecule has 18 heavy (non-hydrogen) atoms. The van der Waals surface area contributed by atoms with Crippen molar-refractivity contribution in [1.82, 2.24) is 0 Å². The summed E-state index contributed by atoms with van der Waals surface area (Å²) in [6.07, 6.45) is 7.14. The summed E-state index contributed by atoms with van der Waals surface area (Å²) in [5.41, 5.74) is 0. The Morgan fingerprint density at radius 2 is 1.78 bits per heavy atom. The summed E-state index contributed by atoms with van der Waals surface area (Å²) in [6, 6.07) is 0.